The van der Waals surface area contributed by atoms with Crippen LogP contribution in [0.2, 0.25) is 0 Å². The fourth-order valence-corrected chi connectivity index (χ4v) is 2.99. The van der Waals surface area contributed by atoms with Crippen LogP contribution in [0.3, 0.4) is 0 Å². The minimum atomic E-state index is -2.01. The summed E-state index contributed by atoms with van der Waals surface area (Å²) in [6, 6.07) is 9.41. The molecule has 0 spiro atoms. The number of halogens is 3. The van der Waals surface area contributed by atoms with E-state index in [1.54, 1.807) is 4.90 Å². The van der Waals surface area contributed by atoms with Crippen molar-refractivity contribution >= 4 is 46.7 Å². The number of hydrogen-bond donors (Lipinski definition) is 0. The number of esters is 1. The number of carbonyl (C=O) groups is 2. The number of nitrogens with zero attached hydrogens (tertiary/aromatic N) is 1. The van der Waals surface area contributed by atoms with E-state index in [0.717, 1.165) is 5.56 Å². The first-order valence-electron chi connectivity index (χ1n) is 7.56. The first-order chi connectivity index (χ1) is 11.3. The van der Waals surface area contributed by atoms with Gasteiger partial charge >= 0.3 is 5.97 Å². The maximum atomic E-state index is 12.6. The van der Waals surface area contributed by atoms with Gasteiger partial charge in [0.25, 0.3) is 9.70 Å². The van der Waals surface area contributed by atoms with Gasteiger partial charge in [-0.15, -0.1) is 0 Å². The van der Waals surface area contributed by atoms with Crippen molar-refractivity contribution < 1.29 is 14.3 Å². The van der Waals surface area contributed by atoms with E-state index in [2.05, 4.69) is 0 Å². The SMILES string of the molecule is CC(=O)OC1=CCC(N(Cc2ccccc2)C(=O)C(Cl)(Cl)Cl)CC1. The van der Waals surface area contributed by atoms with Crippen molar-refractivity contribution in [2.75, 3.05) is 0 Å². The lowest BCUT2D eigenvalue weighted by Gasteiger charge is -2.35. The van der Waals surface area contributed by atoms with Crippen LogP contribution >= 0.6 is 34.8 Å². The van der Waals surface area contributed by atoms with E-state index >= 15 is 0 Å². The summed E-state index contributed by atoms with van der Waals surface area (Å²) >= 11 is 17.4. The molecule has 1 amide bonds. The molecule has 1 atom stereocenters. The maximum absolute atomic E-state index is 12.6. The van der Waals surface area contributed by atoms with Crippen molar-refractivity contribution in [3.8, 4) is 0 Å². The largest absolute Gasteiger partial charge is 0.432 e. The Morgan fingerprint density at radius 3 is 2.42 bits per heavy atom. The average molecular weight is 391 g/mol. The molecule has 130 valence electrons. The van der Waals surface area contributed by atoms with Crippen LogP contribution in [0.15, 0.2) is 42.2 Å². The van der Waals surface area contributed by atoms with Crippen molar-refractivity contribution in [1.29, 1.82) is 0 Å². The number of carbonyl (C=O) groups excluding carboxylic acids is 2. The Labute approximate surface area is 156 Å². The molecule has 0 aliphatic heterocycles. The molecule has 1 aliphatic rings. The molecular formula is C17H18Cl3NO3. The van der Waals surface area contributed by atoms with Crippen LogP contribution in [0.1, 0.15) is 31.7 Å². The Bertz CT molecular complexity index is 626. The number of hydrogen-bond acceptors (Lipinski definition) is 3. The smallest absolute Gasteiger partial charge is 0.307 e. The van der Waals surface area contributed by atoms with E-state index in [1.807, 2.05) is 36.4 Å². The third-order valence-corrected chi connectivity index (χ3v) is 4.24. The molecule has 0 heterocycles. The first-order valence-corrected chi connectivity index (χ1v) is 8.70. The highest BCUT2D eigenvalue weighted by molar-refractivity contribution is 6.76. The van der Waals surface area contributed by atoms with Gasteiger partial charge < -0.3 is 9.64 Å². The molecule has 0 saturated carbocycles. The first kappa shape index (κ1) is 19.1. The number of rotatable bonds is 4. The second-order valence-electron chi connectivity index (χ2n) is 5.61. The molecule has 0 fully saturated rings. The zero-order chi connectivity index (χ0) is 17.7. The summed E-state index contributed by atoms with van der Waals surface area (Å²) in [7, 11) is 0. The van der Waals surface area contributed by atoms with E-state index in [0.29, 0.717) is 31.6 Å². The number of amides is 1. The summed E-state index contributed by atoms with van der Waals surface area (Å²) in [6.45, 7) is 1.72. The minimum Gasteiger partial charge on any atom is -0.432 e. The fourth-order valence-electron chi connectivity index (χ4n) is 2.67. The van der Waals surface area contributed by atoms with Crippen molar-refractivity contribution in [3.63, 3.8) is 0 Å². The van der Waals surface area contributed by atoms with Crippen LogP contribution in [0.25, 0.3) is 0 Å². The summed E-state index contributed by atoms with van der Waals surface area (Å²) in [5.74, 6) is -0.274. The summed E-state index contributed by atoms with van der Waals surface area (Å²) in [5.41, 5.74) is 0.954. The van der Waals surface area contributed by atoms with E-state index in [4.69, 9.17) is 39.5 Å². The van der Waals surface area contributed by atoms with Gasteiger partial charge in [0.2, 0.25) is 0 Å². The van der Waals surface area contributed by atoms with Crippen molar-refractivity contribution in [3.05, 3.63) is 47.7 Å². The van der Waals surface area contributed by atoms with Crippen LogP contribution in [-0.2, 0) is 20.9 Å². The van der Waals surface area contributed by atoms with Gasteiger partial charge in [0.15, 0.2) is 0 Å². The Morgan fingerprint density at radius 1 is 1.25 bits per heavy atom. The van der Waals surface area contributed by atoms with Crippen LogP contribution < -0.4 is 0 Å². The van der Waals surface area contributed by atoms with Crippen LogP contribution in [0.4, 0.5) is 0 Å². The summed E-state index contributed by atoms with van der Waals surface area (Å²) in [5, 5.41) is 0. The summed E-state index contributed by atoms with van der Waals surface area (Å²) in [4.78, 5) is 25.2. The molecule has 0 N–H and O–H groups in total. The highest BCUT2D eigenvalue weighted by Gasteiger charge is 2.38. The standard InChI is InChI=1S/C17H18Cl3NO3/c1-12(22)24-15-9-7-14(8-10-15)21(16(23)17(18,19)20)11-13-5-3-2-4-6-13/h2-6,9,14H,7-8,10-11H2,1H3. The van der Waals surface area contributed by atoms with Gasteiger partial charge in [-0.2, -0.15) is 0 Å². The van der Waals surface area contributed by atoms with Crippen LogP contribution in [0, 0.1) is 0 Å². The molecule has 0 aromatic heterocycles. The predicted octanol–water partition coefficient (Wildman–Crippen LogP) is 4.38. The Morgan fingerprint density at radius 2 is 1.92 bits per heavy atom. The average Bonchev–Trinajstić information content (AvgIpc) is 2.52. The molecule has 1 unspecified atom stereocenters. The highest BCUT2D eigenvalue weighted by atomic mass is 35.6. The lowest BCUT2D eigenvalue weighted by atomic mass is 9.98. The Hall–Kier alpha value is -1.23. The molecule has 2 rings (SSSR count). The number of benzene rings is 1. The number of alkyl halides is 3. The van der Waals surface area contributed by atoms with Crippen molar-refractivity contribution in [1.82, 2.24) is 4.90 Å². The summed E-state index contributed by atoms with van der Waals surface area (Å²) in [6.07, 6.45) is 3.56. The van der Waals surface area contributed by atoms with Crippen molar-refractivity contribution in [2.24, 2.45) is 0 Å². The second kappa shape index (κ2) is 8.24. The predicted molar refractivity (Wildman–Crippen MR) is 94.8 cm³/mol. The minimum absolute atomic E-state index is 0.118. The molecule has 24 heavy (non-hydrogen) atoms. The van der Waals surface area contributed by atoms with Gasteiger partial charge in [0.1, 0.15) is 5.76 Å². The quantitative estimate of drug-likeness (QED) is 0.566. The third kappa shape index (κ3) is 5.40. The van der Waals surface area contributed by atoms with Gasteiger partial charge in [-0.25, -0.2) is 0 Å². The van der Waals surface area contributed by atoms with Gasteiger partial charge in [-0.05, 0) is 24.5 Å². The number of allylic oxidation sites excluding steroid dienone is 1. The zero-order valence-corrected chi connectivity index (χ0v) is 15.4. The third-order valence-electron chi connectivity index (χ3n) is 3.76. The highest BCUT2D eigenvalue weighted by Crippen LogP contribution is 2.33. The molecular weight excluding hydrogens is 373 g/mol. The monoisotopic (exact) mass is 389 g/mol. The van der Waals surface area contributed by atoms with Gasteiger partial charge in [-0.3, -0.25) is 9.59 Å². The lowest BCUT2D eigenvalue weighted by molar-refractivity contribution is -0.138. The van der Waals surface area contributed by atoms with E-state index in [9.17, 15) is 9.59 Å². The van der Waals surface area contributed by atoms with Gasteiger partial charge in [0.05, 0.1) is 0 Å². The van der Waals surface area contributed by atoms with E-state index in [1.165, 1.54) is 6.92 Å². The molecule has 4 nitrogen and oxygen atoms in total. The fraction of sp³-hybridized carbons (Fsp3) is 0.412. The molecule has 1 aliphatic carbocycles. The molecule has 0 radical (unpaired) electrons. The molecule has 0 bridgehead atoms. The molecule has 7 heteroatoms. The second-order valence-corrected chi connectivity index (χ2v) is 7.89. The van der Waals surface area contributed by atoms with E-state index < -0.39 is 9.70 Å². The number of ether oxygens (including phenoxy) is 1. The Balaban J connectivity index is 2.16. The topological polar surface area (TPSA) is 46.6 Å². The van der Waals surface area contributed by atoms with Crippen LogP contribution in [-0.4, -0.2) is 26.6 Å². The van der Waals surface area contributed by atoms with Crippen LogP contribution in [0.5, 0.6) is 0 Å². The molecule has 1 aromatic carbocycles. The Kier molecular flexibility index (Phi) is 6.55. The molecule has 0 saturated heterocycles. The van der Waals surface area contributed by atoms with Crippen molar-refractivity contribution in [2.45, 2.75) is 42.6 Å². The summed E-state index contributed by atoms with van der Waals surface area (Å²) < 4.78 is 3.10. The molecule has 1 aromatic rings. The lowest BCUT2D eigenvalue weighted by Crippen LogP contribution is -2.46. The van der Waals surface area contributed by atoms with Gasteiger partial charge in [-0.1, -0.05) is 65.1 Å². The maximum Gasteiger partial charge on any atom is 0.307 e. The van der Waals surface area contributed by atoms with Gasteiger partial charge in [0, 0.05) is 25.9 Å². The zero-order valence-electron chi connectivity index (χ0n) is 13.2. The van der Waals surface area contributed by atoms with E-state index in [-0.39, 0.29) is 12.0 Å². The normalized spacial score (nSPS) is 17.8.